The molecular formula is C13H13N5O3. The minimum atomic E-state index is -0.509. The fourth-order valence-corrected chi connectivity index (χ4v) is 2.17. The standard InChI is InChI=1S/C13H13N5O3/c1-2-5-18-11-9(12(20)17-13(18)21)15-10(16-11)7-3-4-8(19)14-6-7/h3-4,6H,2,5H2,1H3,(H,14,19)(H,15,16)(H,17,20,21). The minimum absolute atomic E-state index is 0.226. The van der Waals surface area contributed by atoms with Gasteiger partial charge in [-0.2, -0.15) is 0 Å². The van der Waals surface area contributed by atoms with Crippen LogP contribution in [0.4, 0.5) is 0 Å². The highest BCUT2D eigenvalue weighted by Crippen LogP contribution is 2.16. The number of imidazole rings is 1. The molecule has 0 radical (unpaired) electrons. The van der Waals surface area contributed by atoms with E-state index >= 15 is 0 Å². The van der Waals surface area contributed by atoms with Gasteiger partial charge in [0.25, 0.3) is 5.56 Å². The Morgan fingerprint density at radius 3 is 2.67 bits per heavy atom. The predicted octanol–water partition coefficient (Wildman–Crippen LogP) is 0.178. The number of hydrogen-bond acceptors (Lipinski definition) is 4. The summed E-state index contributed by atoms with van der Waals surface area (Å²) < 4.78 is 1.42. The highest BCUT2D eigenvalue weighted by Gasteiger charge is 2.13. The van der Waals surface area contributed by atoms with Crippen LogP contribution in [0.3, 0.4) is 0 Å². The average Bonchev–Trinajstić information content (AvgIpc) is 2.90. The normalized spacial score (nSPS) is 11.1. The van der Waals surface area contributed by atoms with Gasteiger partial charge in [0, 0.05) is 24.4 Å². The summed E-state index contributed by atoms with van der Waals surface area (Å²) in [6.45, 7) is 2.39. The molecule has 0 amide bonds. The maximum absolute atomic E-state index is 11.9. The van der Waals surface area contributed by atoms with E-state index in [2.05, 4.69) is 19.9 Å². The van der Waals surface area contributed by atoms with Crippen LogP contribution in [0.5, 0.6) is 0 Å². The largest absolute Gasteiger partial charge is 0.332 e. The number of aromatic nitrogens is 5. The minimum Gasteiger partial charge on any atom is -0.332 e. The van der Waals surface area contributed by atoms with Crippen LogP contribution in [0.2, 0.25) is 0 Å². The fraction of sp³-hybridized carbons (Fsp3) is 0.231. The van der Waals surface area contributed by atoms with Crippen molar-refractivity contribution in [3.63, 3.8) is 0 Å². The maximum atomic E-state index is 11.9. The molecule has 0 saturated carbocycles. The molecule has 0 aliphatic rings. The molecule has 0 unspecified atom stereocenters. The molecule has 0 aromatic carbocycles. The highest BCUT2D eigenvalue weighted by atomic mass is 16.2. The van der Waals surface area contributed by atoms with Crippen molar-refractivity contribution in [1.82, 2.24) is 24.5 Å². The number of aryl methyl sites for hydroxylation is 1. The lowest BCUT2D eigenvalue weighted by Crippen LogP contribution is -2.30. The van der Waals surface area contributed by atoms with Crippen molar-refractivity contribution in [2.45, 2.75) is 19.9 Å². The number of aromatic amines is 3. The zero-order valence-electron chi connectivity index (χ0n) is 11.3. The van der Waals surface area contributed by atoms with E-state index in [1.165, 1.54) is 16.8 Å². The summed E-state index contributed by atoms with van der Waals surface area (Å²) >= 11 is 0. The van der Waals surface area contributed by atoms with E-state index in [0.29, 0.717) is 23.6 Å². The number of hydrogen-bond donors (Lipinski definition) is 3. The van der Waals surface area contributed by atoms with Crippen molar-refractivity contribution in [1.29, 1.82) is 0 Å². The van der Waals surface area contributed by atoms with Gasteiger partial charge in [0.15, 0.2) is 5.65 Å². The third-order valence-electron chi connectivity index (χ3n) is 3.14. The van der Waals surface area contributed by atoms with Gasteiger partial charge in [-0.25, -0.2) is 9.78 Å². The van der Waals surface area contributed by atoms with Crippen molar-refractivity contribution in [2.24, 2.45) is 0 Å². The first-order chi connectivity index (χ1) is 10.1. The molecule has 0 saturated heterocycles. The third kappa shape index (κ3) is 2.20. The van der Waals surface area contributed by atoms with Crippen LogP contribution in [0.1, 0.15) is 13.3 Å². The van der Waals surface area contributed by atoms with Gasteiger partial charge >= 0.3 is 5.69 Å². The summed E-state index contributed by atoms with van der Waals surface area (Å²) in [4.78, 5) is 46.8. The number of nitrogens with zero attached hydrogens (tertiary/aromatic N) is 2. The van der Waals surface area contributed by atoms with Crippen molar-refractivity contribution < 1.29 is 0 Å². The first-order valence-electron chi connectivity index (χ1n) is 6.52. The zero-order chi connectivity index (χ0) is 15.0. The number of nitrogens with one attached hydrogen (secondary N) is 3. The topological polar surface area (TPSA) is 116 Å². The van der Waals surface area contributed by atoms with E-state index in [1.807, 2.05) is 6.92 Å². The van der Waals surface area contributed by atoms with E-state index in [9.17, 15) is 14.4 Å². The highest BCUT2D eigenvalue weighted by molar-refractivity contribution is 5.75. The molecule has 3 heterocycles. The van der Waals surface area contributed by atoms with Crippen molar-refractivity contribution in [3.05, 3.63) is 49.5 Å². The Morgan fingerprint density at radius 2 is 2.00 bits per heavy atom. The van der Waals surface area contributed by atoms with Crippen LogP contribution in [-0.4, -0.2) is 24.5 Å². The Hall–Kier alpha value is -2.90. The molecule has 3 N–H and O–H groups in total. The predicted molar refractivity (Wildman–Crippen MR) is 77.3 cm³/mol. The molecule has 0 fully saturated rings. The second-order valence-electron chi connectivity index (χ2n) is 4.64. The molecule has 0 aliphatic carbocycles. The van der Waals surface area contributed by atoms with Crippen LogP contribution < -0.4 is 16.8 Å². The van der Waals surface area contributed by atoms with Crippen LogP contribution >= 0.6 is 0 Å². The second-order valence-corrected chi connectivity index (χ2v) is 4.64. The molecule has 0 atom stereocenters. The molecule has 3 aromatic heterocycles. The van der Waals surface area contributed by atoms with E-state index in [0.717, 1.165) is 6.42 Å². The first kappa shape index (κ1) is 13.1. The Balaban J connectivity index is 2.28. The second kappa shape index (κ2) is 4.89. The monoisotopic (exact) mass is 287 g/mol. The Bertz CT molecular complexity index is 955. The number of rotatable bonds is 3. The molecule has 0 spiro atoms. The average molecular weight is 287 g/mol. The van der Waals surface area contributed by atoms with Gasteiger partial charge in [-0.15, -0.1) is 0 Å². The van der Waals surface area contributed by atoms with Crippen molar-refractivity contribution in [2.75, 3.05) is 0 Å². The van der Waals surface area contributed by atoms with Crippen LogP contribution in [0, 0.1) is 0 Å². The number of fused-ring (bicyclic) bond motifs is 1. The quantitative estimate of drug-likeness (QED) is 0.637. The van der Waals surface area contributed by atoms with Gasteiger partial charge in [-0.3, -0.25) is 19.1 Å². The third-order valence-corrected chi connectivity index (χ3v) is 3.14. The van der Waals surface area contributed by atoms with E-state index in [4.69, 9.17) is 0 Å². The lowest BCUT2D eigenvalue weighted by Gasteiger charge is -2.02. The van der Waals surface area contributed by atoms with E-state index < -0.39 is 11.2 Å². The summed E-state index contributed by atoms with van der Waals surface area (Å²) in [7, 11) is 0. The summed E-state index contributed by atoms with van der Waals surface area (Å²) in [5.41, 5.74) is -0.0354. The van der Waals surface area contributed by atoms with Gasteiger partial charge in [0.1, 0.15) is 11.3 Å². The van der Waals surface area contributed by atoms with Crippen LogP contribution in [-0.2, 0) is 6.54 Å². The number of pyridine rings is 1. The van der Waals surface area contributed by atoms with Gasteiger partial charge in [0.2, 0.25) is 5.56 Å². The molecule has 108 valence electrons. The van der Waals surface area contributed by atoms with Gasteiger partial charge in [-0.1, -0.05) is 6.92 Å². The summed E-state index contributed by atoms with van der Waals surface area (Å²) in [6.07, 6.45) is 2.23. The summed E-state index contributed by atoms with van der Waals surface area (Å²) in [5, 5.41) is 0. The zero-order valence-corrected chi connectivity index (χ0v) is 11.3. The van der Waals surface area contributed by atoms with Gasteiger partial charge < -0.3 is 9.97 Å². The smallest absolute Gasteiger partial charge is 0.330 e. The summed E-state index contributed by atoms with van der Waals surface area (Å²) in [6, 6.07) is 2.96. The number of H-pyrrole nitrogens is 3. The molecular weight excluding hydrogens is 274 g/mol. The van der Waals surface area contributed by atoms with E-state index in [1.54, 1.807) is 6.07 Å². The SMILES string of the molecule is CCCn1c(=O)[nH]c(=O)c2[nH]c(-c3ccc(=O)[nH]c3)nc21. The molecule has 0 aliphatic heterocycles. The lowest BCUT2D eigenvalue weighted by molar-refractivity contribution is 0.653. The molecule has 8 nitrogen and oxygen atoms in total. The molecule has 0 bridgehead atoms. The van der Waals surface area contributed by atoms with Crippen LogP contribution in [0.15, 0.2) is 32.7 Å². The fourth-order valence-electron chi connectivity index (χ4n) is 2.17. The Kier molecular flexibility index (Phi) is 3.05. The maximum Gasteiger partial charge on any atom is 0.330 e. The first-order valence-corrected chi connectivity index (χ1v) is 6.52. The Morgan fingerprint density at radius 1 is 1.19 bits per heavy atom. The molecule has 21 heavy (non-hydrogen) atoms. The van der Waals surface area contributed by atoms with Crippen molar-refractivity contribution >= 4 is 11.2 Å². The molecule has 8 heteroatoms. The van der Waals surface area contributed by atoms with Crippen molar-refractivity contribution in [3.8, 4) is 11.4 Å². The lowest BCUT2D eigenvalue weighted by atomic mass is 10.3. The molecule has 3 rings (SSSR count). The van der Waals surface area contributed by atoms with E-state index in [-0.39, 0.29) is 11.1 Å². The molecule has 3 aromatic rings. The van der Waals surface area contributed by atoms with Crippen LogP contribution in [0.25, 0.3) is 22.6 Å². The summed E-state index contributed by atoms with van der Waals surface area (Å²) in [5.74, 6) is 0.419. The van der Waals surface area contributed by atoms with Gasteiger partial charge in [0.05, 0.1) is 0 Å². The Labute approximate surface area is 117 Å². The van der Waals surface area contributed by atoms with Gasteiger partial charge in [-0.05, 0) is 12.5 Å².